The fraction of sp³-hybridized carbons (Fsp3) is 0.231. The first kappa shape index (κ1) is 21.6. The second-order valence-electron chi connectivity index (χ2n) is 8.29. The lowest BCUT2D eigenvalue weighted by atomic mass is 9.95. The van der Waals surface area contributed by atoms with Gasteiger partial charge in [-0.2, -0.15) is 5.10 Å². The molecular formula is C26H26N6O2. The molecule has 8 heteroatoms. The van der Waals surface area contributed by atoms with Gasteiger partial charge in [0.15, 0.2) is 5.65 Å². The van der Waals surface area contributed by atoms with Crippen molar-refractivity contribution in [1.82, 2.24) is 29.3 Å². The summed E-state index contributed by atoms with van der Waals surface area (Å²) < 4.78 is 2.92. The van der Waals surface area contributed by atoms with Gasteiger partial charge in [-0.15, -0.1) is 0 Å². The predicted molar refractivity (Wildman–Crippen MR) is 131 cm³/mol. The van der Waals surface area contributed by atoms with E-state index in [0.717, 1.165) is 16.8 Å². The first-order valence-electron chi connectivity index (χ1n) is 11.5. The van der Waals surface area contributed by atoms with Crippen LogP contribution in [0.15, 0.2) is 82.5 Å². The molecule has 3 heterocycles. The van der Waals surface area contributed by atoms with Gasteiger partial charge in [-0.05, 0) is 30.0 Å². The van der Waals surface area contributed by atoms with Gasteiger partial charge in [0.1, 0.15) is 11.3 Å². The molecule has 0 bridgehead atoms. The van der Waals surface area contributed by atoms with Crippen molar-refractivity contribution in [2.45, 2.75) is 38.8 Å². The normalized spacial score (nSPS) is 12.3. The summed E-state index contributed by atoms with van der Waals surface area (Å²) in [4.78, 5) is 34.7. The van der Waals surface area contributed by atoms with Crippen LogP contribution in [0.5, 0.6) is 0 Å². The van der Waals surface area contributed by atoms with E-state index >= 15 is 0 Å². The molecule has 0 fully saturated rings. The largest absolute Gasteiger partial charge is 0.335 e. The molecule has 34 heavy (non-hydrogen) atoms. The molecule has 2 N–H and O–H groups in total. The fourth-order valence-corrected chi connectivity index (χ4v) is 4.38. The highest BCUT2D eigenvalue weighted by atomic mass is 16.2. The SMILES string of the molecule is CCCn1c(=O)c2[nH]c(C(c3ccccc3)c3cc[nH]n3)nc2n(CCc2ccccc2)c1=O. The summed E-state index contributed by atoms with van der Waals surface area (Å²) in [6.07, 6.45) is 3.10. The third kappa shape index (κ3) is 3.98. The number of benzene rings is 2. The Hall–Kier alpha value is -4.20. The van der Waals surface area contributed by atoms with Crippen LogP contribution in [0.1, 0.15) is 41.9 Å². The molecule has 1 unspecified atom stereocenters. The van der Waals surface area contributed by atoms with Crippen LogP contribution in [0.25, 0.3) is 11.2 Å². The van der Waals surface area contributed by atoms with Crippen molar-refractivity contribution in [2.75, 3.05) is 0 Å². The summed E-state index contributed by atoms with van der Waals surface area (Å²) in [6.45, 7) is 2.73. The Morgan fingerprint density at radius 1 is 0.912 bits per heavy atom. The summed E-state index contributed by atoms with van der Waals surface area (Å²) in [5.74, 6) is 0.268. The van der Waals surface area contributed by atoms with Crippen LogP contribution in [0.2, 0.25) is 0 Å². The number of rotatable bonds is 8. The highest BCUT2D eigenvalue weighted by molar-refractivity contribution is 5.70. The van der Waals surface area contributed by atoms with Gasteiger partial charge < -0.3 is 4.98 Å². The number of nitrogens with one attached hydrogen (secondary N) is 2. The third-order valence-corrected chi connectivity index (χ3v) is 6.02. The lowest BCUT2D eigenvalue weighted by molar-refractivity contribution is 0.559. The Bertz CT molecular complexity index is 1500. The number of H-pyrrole nitrogens is 2. The summed E-state index contributed by atoms with van der Waals surface area (Å²) in [5.41, 5.74) is 2.93. The van der Waals surface area contributed by atoms with Crippen LogP contribution in [0, 0.1) is 0 Å². The molecule has 0 amide bonds. The van der Waals surface area contributed by atoms with E-state index in [1.54, 1.807) is 10.8 Å². The minimum Gasteiger partial charge on any atom is -0.335 e. The van der Waals surface area contributed by atoms with Crippen molar-refractivity contribution in [1.29, 1.82) is 0 Å². The van der Waals surface area contributed by atoms with Crippen molar-refractivity contribution in [3.63, 3.8) is 0 Å². The second-order valence-corrected chi connectivity index (χ2v) is 8.29. The maximum atomic E-state index is 13.3. The summed E-state index contributed by atoms with van der Waals surface area (Å²) in [7, 11) is 0. The summed E-state index contributed by atoms with van der Waals surface area (Å²) in [5, 5.41) is 7.26. The first-order valence-corrected chi connectivity index (χ1v) is 11.5. The molecule has 0 aliphatic carbocycles. The zero-order valence-electron chi connectivity index (χ0n) is 18.9. The van der Waals surface area contributed by atoms with Gasteiger partial charge in [0.2, 0.25) is 0 Å². The average molecular weight is 455 g/mol. The molecule has 1 atom stereocenters. The van der Waals surface area contributed by atoms with Gasteiger partial charge >= 0.3 is 5.69 Å². The molecule has 8 nitrogen and oxygen atoms in total. The van der Waals surface area contributed by atoms with Crippen LogP contribution in [0.4, 0.5) is 0 Å². The molecule has 172 valence electrons. The first-order chi connectivity index (χ1) is 16.7. The number of nitrogens with zero attached hydrogens (tertiary/aromatic N) is 4. The molecule has 0 spiro atoms. The van der Waals surface area contributed by atoms with E-state index in [2.05, 4.69) is 15.2 Å². The van der Waals surface area contributed by atoms with Crippen LogP contribution in [0.3, 0.4) is 0 Å². The molecule has 3 aromatic heterocycles. The molecule has 5 aromatic rings. The van der Waals surface area contributed by atoms with Crippen molar-refractivity contribution >= 4 is 11.2 Å². The van der Waals surface area contributed by atoms with E-state index < -0.39 is 0 Å². The average Bonchev–Trinajstić information content (AvgIpc) is 3.55. The van der Waals surface area contributed by atoms with E-state index in [9.17, 15) is 9.59 Å². The minimum absolute atomic E-state index is 0.309. The third-order valence-electron chi connectivity index (χ3n) is 6.02. The quantitative estimate of drug-likeness (QED) is 0.375. The molecule has 0 radical (unpaired) electrons. The van der Waals surface area contributed by atoms with Crippen molar-refractivity contribution in [3.8, 4) is 0 Å². The predicted octanol–water partition coefficient (Wildman–Crippen LogP) is 3.44. The fourth-order valence-electron chi connectivity index (χ4n) is 4.38. The number of imidazole rings is 1. The Morgan fingerprint density at radius 3 is 2.32 bits per heavy atom. The van der Waals surface area contributed by atoms with Crippen molar-refractivity contribution in [2.24, 2.45) is 0 Å². The Balaban J connectivity index is 1.68. The van der Waals surface area contributed by atoms with Crippen molar-refractivity contribution in [3.05, 3.63) is 116 Å². The minimum atomic E-state index is -0.342. The highest BCUT2D eigenvalue weighted by Gasteiger charge is 2.25. The molecule has 2 aromatic carbocycles. The molecular weight excluding hydrogens is 428 g/mol. The number of hydrogen-bond acceptors (Lipinski definition) is 4. The summed E-state index contributed by atoms with van der Waals surface area (Å²) >= 11 is 0. The van der Waals surface area contributed by atoms with E-state index in [-0.39, 0.29) is 17.2 Å². The van der Waals surface area contributed by atoms with Gasteiger partial charge in [0.05, 0.1) is 11.6 Å². The number of aromatic nitrogens is 6. The van der Waals surface area contributed by atoms with Gasteiger partial charge in [0.25, 0.3) is 5.56 Å². The van der Waals surface area contributed by atoms with Crippen LogP contribution in [-0.2, 0) is 19.5 Å². The smallest absolute Gasteiger partial charge is 0.332 e. The maximum absolute atomic E-state index is 13.3. The van der Waals surface area contributed by atoms with E-state index in [0.29, 0.717) is 42.9 Å². The topological polar surface area (TPSA) is 101 Å². The van der Waals surface area contributed by atoms with E-state index in [1.807, 2.05) is 73.7 Å². The number of aryl methyl sites for hydroxylation is 2. The van der Waals surface area contributed by atoms with Gasteiger partial charge in [0, 0.05) is 19.3 Å². The van der Waals surface area contributed by atoms with E-state index in [1.165, 1.54) is 4.57 Å². The summed E-state index contributed by atoms with van der Waals surface area (Å²) in [6, 6.07) is 21.8. The van der Waals surface area contributed by atoms with Crippen LogP contribution < -0.4 is 11.2 Å². The van der Waals surface area contributed by atoms with Gasteiger partial charge in [-0.25, -0.2) is 9.78 Å². The zero-order chi connectivity index (χ0) is 23.5. The Labute approximate surface area is 195 Å². The highest BCUT2D eigenvalue weighted by Crippen LogP contribution is 2.29. The monoisotopic (exact) mass is 454 g/mol. The number of hydrogen-bond donors (Lipinski definition) is 2. The second kappa shape index (κ2) is 9.35. The lowest BCUT2D eigenvalue weighted by Crippen LogP contribution is -2.40. The van der Waals surface area contributed by atoms with Gasteiger partial charge in [-0.1, -0.05) is 67.6 Å². The lowest BCUT2D eigenvalue weighted by Gasteiger charge is -2.12. The van der Waals surface area contributed by atoms with Gasteiger partial charge in [-0.3, -0.25) is 19.0 Å². The molecule has 0 aliphatic rings. The maximum Gasteiger partial charge on any atom is 0.332 e. The standard InChI is InChI=1S/C26H26N6O2/c1-2-16-32-25(33)22-24(31(26(32)34)17-14-18-9-5-3-6-10-18)29-23(28-22)21(20-13-15-27-30-20)19-11-7-4-8-12-19/h3-13,15,21H,2,14,16-17H2,1H3,(H,27,30)(H,28,29). The zero-order valence-corrected chi connectivity index (χ0v) is 18.9. The molecule has 0 aliphatic heterocycles. The number of fused-ring (bicyclic) bond motifs is 1. The van der Waals surface area contributed by atoms with E-state index in [4.69, 9.17) is 4.98 Å². The molecule has 0 saturated heterocycles. The Morgan fingerprint density at radius 2 is 1.65 bits per heavy atom. The van der Waals surface area contributed by atoms with Crippen molar-refractivity contribution < 1.29 is 0 Å². The Kier molecular flexibility index (Phi) is 5.95. The van der Waals surface area contributed by atoms with Crippen LogP contribution >= 0.6 is 0 Å². The number of aromatic amines is 2. The molecule has 5 rings (SSSR count). The molecule has 0 saturated carbocycles. The van der Waals surface area contributed by atoms with Crippen LogP contribution in [-0.4, -0.2) is 29.3 Å².